The highest BCUT2D eigenvalue weighted by molar-refractivity contribution is 9.10. The fraction of sp³-hybridized carbons (Fsp3) is 0.500. The van der Waals surface area contributed by atoms with Crippen molar-refractivity contribution in [3.8, 4) is 0 Å². The number of anilines is 1. The van der Waals surface area contributed by atoms with Crippen LogP contribution < -0.4 is 10.6 Å². The van der Waals surface area contributed by atoms with Gasteiger partial charge in [-0.15, -0.1) is 0 Å². The number of nitrogens with zero attached hydrogens (tertiary/aromatic N) is 1. The summed E-state index contributed by atoms with van der Waals surface area (Å²) in [6, 6.07) is 4.14. The third-order valence-electron chi connectivity index (χ3n) is 2.90. The maximum Gasteiger partial charge on any atom is 0.239 e. The summed E-state index contributed by atoms with van der Waals surface area (Å²) in [5.74, 6) is 0.554. The van der Waals surface area contributed by atoms with Crippen LogP contribution >= 0.6 is 15.9 Å². The summed E-state index contributed by atoms with van der Waals surface area (Å²) in [6.07, 6.45) is 6.58. The number of carbonyl (C=O) groups excluding carboxylic acids is 1. The van der Waals surface area contributed by atoms with Crippen LogP contribution in [0.15, 0.2) is 22.8 Å². The number of halogens is 1. The van der Waals surface area contributed by atoms with Gasteiger partial charge >= 0.3 is 0 Å². The van der Waals surface area contributed by atoms with E-state index < -0.39 is 0 Å². The van der Waals surface area contributed by atoms with Gasteiger partial charge in [-0.1, -0.05) is 12.8 Å². The normalized spacial score (nSPS) is 16.1. The van der Waals surface area contributed by atoms with Crippen molar-refractivity contribution in [2.24, 2.45) is 0 Å². The smallest absolute Gasteiger partial charge is 0.239 e. The van der Waals surface area contributed by atoms with Gasteiger partial charge in [0.2, 0.25) is 5.91 Å². The molecule has 1 fully saturated rings. The van der Waals surface area contributed by atoms with Crippen molar-refractivity contribution >= 4 is 27.7 Å². The van der Waals surface area contributed by atoms with Gasteiger partial charge in [0, 0.05) is 16.7 Å². The Labute approximate surface area is 109 Å². The van der Waals surface area contributed by atoms with Gasteiger partial charge in [-0.05, 0) is 40.9 Å². The maximum absolute atomic E-state index is 11.6. The van der Waals surface area contributed by atoms with Crippen LogP contribution in [0.3, 0.4) is 0 Å². The molecule has 17 heavy (non-hydrogen) atoms. The SMILES string of the molecule is O=C(CNC1CCCC1)Nc1ccc(Br)cn1. The first-order chi connectivity index (χ1) is 8.24. The van der Waals surface area contributed by atoms with Crippen LogP contribution in [-0.4, -0.2) is 23.5 Å². The van der Waals surface area contributed by atoms with Crippen LogP contribution in [0.4, 0.5) is 5.82 Å². The summed E-state index contributed by atoms with van der Waals surface area (Å²) in [5.41, 5.74) is 0. The molecular formula is C12H16BrN3O. The highest BCUT2D eigenvalue weighted by Gasteiger charge is 2.15. The Morgan fingerprint density at radius 2 is 2.18 bits per heavy atom. The second kappa shape index (κ2) is 6.12. The predicted molar refractivity (Wildman–Crippen MR) is 70.8 cm³/mol. The molecule has 1 saturated carbocycles. The minimum atomic E-state index is -0.0354. The zero-order valence-electron chi connectivity index (χ0n) is 9.58. The monoisotopic (exact) mass is 297 g/mol. The van der Waals surface area contributed by atoms with E-state index in [1.165, 1.54) is 25.7 Å². The molecule has 0 radical (unpaired) electrons. The molecule has 0 aromatic carbocycles. The second-order valence-electron chi connectivity index (χ2n) is 4.27. The van der Waals surface area contributed by atoms with Gasteiger partial charge < -0.3 is 10.6 Å². The lowest BCUT2D eigenvalue weighted by atomic mass is 10.2. The van der Waals surface area contributed by atoms with E-state index in [9.17, 15) is 4.79 Å². The molecule has 0 saturated heterocycles. The molecule has 0 bridgehead atoms. The molecule has 0 unspecified atom stereocenters. The molecule has 4 nitrogen and oxygen atoms in total. The molecule has 2 N–H and O–H groups in total. The van der Waals surface area contributed by atoms with E-state index in [2.05, 4.69) is 31.5 Å². The minimum absolute atomic E-state index is 0.0354. The van der Waals surface area contributed by atoms with E-state index >= 15 is 0 Å². The molecule has 0 aliphatic heterocycles. The zero-order valence-corrected chi connectivity index (χ0v) is 11.2. The first-order valence-electron chi connectivity index (χ1n) is 5.89. The largest absolute Gasteiger partial charge is 0.310 e. The Morgan fingerprint density at radius 3 is 2.82 bits per heavy atom. The summed E-state index contributed by atoms with van der Waals surface area (Å²) < 4.78 is 0.902. The highest BCUT2D eigenvalue weighted by Crippen LogP contribution is 2.17. The van der Waals surface area contributed by atoms with Gasteiger partial charge in [-0.3, -0.25) is 4.79 Å². The van der Waals surface area contributed by atoms with Crippen LogP contribution in [-0.2, 0) is 4.79 Å². The number of rotatable bonds is 4. The van der Waals surface area contributed by atoms with E-state index in [1.54, 1.807) is 12.3 Å². The van der Waals surface area contributed by atoms with Crippen LogP contribution in [0, 0.1) is 0 Å². The van der Waals surface area contributed by atoms with Crippen molar-refractivity contribution in [3.63, 3.8) is 0 Å². The van der Waals surface area contributed by atoms with E-state index in [-0.39, 0.29) is 5.91 Å². The average molecular weight is 298 g/mol. The lowest BCUT2D eigenvalue weighted by Crippen LogP contribution is -2.34. The Morgan fingerprint density at radius 1 is 1.41 bits per heavy atom. The van der Waals surface area contributed by atoms with E-state index in [0.717, 1.165) is 4.47 Å². The fourth-order valence-corrected chi connectivity index (χ4v) is 2.24. The molecule has 0 atom stereocenters. The van der Waals surface area contributed by atoms with Gasteiger partial charge in [-0.25, -0.2) is 4.98 Å². The molecule has 1 aliphatic rings. The van der Waals surface area contributed by atoms with Crippen molar-refractivity contribution in [3.05, 3.63) is 22.8 Å². The molecule has 5 heteroatoms. The first-order valence-corrected chi connectivity index (χ1v) is 6.68. The fourth-order valence-electron chi connectivity index (χ4n) is 2.00. The number of amides is 1. The number of nitrogens with one attached hydrogen (secondary N) is 2. The maximum atomic E-state index is 11.6. The second-order valence-corrected chi connectivity index (χ2v) is 5.19. The van der Waals surface area contributed by atoms with Crippen molar-refractivity contribution in [2.75, 3.05) is 11.9 Å². The molecule has 1 amide bonds. The van der Waals surface area contributed by atoms with E-state index in [4.69, 9.17) is 0 Å². The topological polar surface area (TPSA) is 54.0 Å². The zero-order chi connectivity index (χ0) is 12.1. The molecule has 1 aliphatic carbocycles. The quantitative estimate of drug-likeness (QED) is 0.897. The van der Waals surface area contributed by atoms with Crippen molar-refractivity contribution in [1.29, 1.82) is 0 Å². The number of hydrogen-bond acceptors (Lipinski definition) is 3. The Balaban J connectivity index is 1.74. The Hall–Kier alpha value is -0.940. The van der Waals surface area contributed by atoms with Crippen molar-refractivity contribution < 1.29 is 4.79 Å². The van der Waals surface area contributed by atoms with Gasteiger partial charge in [-0.2, -0.15) is 0 Å². The summed E-state index contributed by atoms with van der Waals surface area (Å²) >= 11 is 3.30. The summed E-state index contributed by atoms with van der Waals surface area (Å²) in [6.45, 7) is 0.364. The lowest BCUT2D eigenvalue weighted by molar-refractivity contribution is -0.115. The third-order valence-corrected chi connectivity index (χ3v) is 3.37. The molecule has 1 aromatic rings. The summed E-state index contributed by atoms with van der Waals surface area (Å²) in [4.78, 5) is 15.7. The Bertz CT molecular complexity index is 374. The van der Waals surface area contributed by atoms with Crippen LogP contribution in [0.1, 0.15) is 25.7 Å². The lowest BCUT2D eigenvalue weighted by Gasteiger charge is -2.11. The molecule has 2 rings (SSSR count). The van der Waals surface area contributed by atoms with Gasteiger partial charge in [0.15, 0.2) is 0 Å². The molecule has 1 aromatic heterocycles. The highest BCUT2D eigenvalue weighted by atomic mass is 79.9. The van der Waals surface area contributed by atoms with Gasteiger partial charge in [0.25, 0.3) is 0 Å². The van der Waals surface area contributed by atoms with Crippen molar-refractivity contribution in [1.82, 2.24) is 10.3 Å². The average Bonchev–Trinajstić information content (AvgIpc) is 2.83. The van der Waals surface area contributed by atoms with Gasteiger partial charge in [0.1, 0.15) is 5.82 Å². The molecule has 1 heterocycles. The predicted octanol–water partition coefficient (Wildman–Crippen LogP) is 2.31. The molecular weight excluding hydrogens is 282 g/mol. The van der Waals surface area contributed by atoms with E-state index in [0.29, 0.717) is 18.4 Å². The minimum Gasteiger partial charge on any atom is -0.310 e. The van der Waals surface area contributed by atoms with Crippen LogP contribution in [0.25, 0.3) is 0 Å². The van der Waals surface area contributed by atoms with E-state index in [1.807, 2.05) is 6.07 Å². The third kappa shape index (κ3) is 4.09. The number of aromatic nitrogens is 1. The Kier molecular flexibility index (Phi) is 4.50. The summed E-state index contributed by atoms with van der Waals surface area (Å²) in [5, 5.41) is 6.02. The van der Waals surface area contributed by atoms with Crippen molar-refractivity contribution in [2.45, 2.75) is 31.7 Å². The summed E-state index contributed by atoms with van der Waals surface area (Å²) in [7, 11) is 0. The standard InChI is InChI=1S/C12H16BrN3O/c13-9-5-6-11(15-7-9)16-12(17)8-14-10-3-1-2-4-10/h5-7,10,14H,1-4,8H2,(H,15,16,17). The molecule has 92 valence electrons. The van der Waals surface area contributed by atoms with Gasteiger partial charge in [0.05, 0.1) is 6.54 Å². The van der Waals surface area contributed by atoms with Crippen LogP contribution in [0.5, 0.6) is 0 Å². The number of carbonyl (C=O) groups is 1. The van der Waals surface area contributed by atoms with Crippen LogP contribution in [0.2, 0.25) is 0 Å². The number of hydrogen-bond donors (Lipinski definition) is 2. The molecule has 0 spiro atoms. The first kappa shape index (κ1) is 12.5. The number of pyridine rings is 1.